The van der Waals surface area contributed by atoms with Crippen LogP contribution in [0.25, 0.3) is 10.2 Å². The van der Waals surface area contributed by atoms with Crippen LogP contribution in [0, 0.1) is 0 Å². The molecule has 0 radical (unpaired) electrons. The number of carbonyl (C=O) groups is 1. The lowest BCUT2D eigenvalue weighted by molar-refractivity contribution is -0.121. The van der Waals surface area contributed by atoms with Crippen molar-refractivity contribution >= 4 is 27.5 Å². The second-order valence-electron chi connectivity index (χ2n) is 6.35. The number of rotatable bonds is 7. The molecule has 4 rings (SSSR count). The smallest absolute Gasteiger partial charge is 0.220 e. The molecule has 0 saturated heterocycles. The largest absolute Gasteiger partial charge is 0.349 e. The van der Waals surface area contributed by atoms with Crippen LogP contribution in [0.15, 0.2) is 67.0 Å². The van der Waals surface area contributed by atoms with Crippen LogP contribution >= 0.6 is 11.3 Å². The van der Waals surface area contributed by atoms with E-state index >= 15 is 0 Å². The van der Waals surface area contributed by atoms with Gasteiger partial charge in [-0.15, -0.1) is 11.3 Å². The first kappa shape index (κ1) is 17.4. The molecular formula is C21H20N4OS. The summed E-state index contributed by atoms with van der Waals surface area (Å²) < 4.78 is 1.16. The average Bonchev–Trinajstić information content (AvgIpc) is 3.36. The Hall–Kier alpha value is -2.99. The second kappa shape index (κ2) is 8.14. The number of fused-ring (bicyclic) bond motifs is 1. The Balaban J connectivity index is 1.41. The molecular weight excluding hydrogens is 356 g/mol. The lowest BCUT2D eigenvalue weighted by atomic mass is 10.0. The monoisotopic (exact) mass is 376 g/mol. The molecule has 27 heavy (non-hydrogen) atoms. The Bertz CT molecular complexity index is 978. The summed E-state index contributed by atoms with van der Waals surface area (Å²) >= 11 is 1.65. The lowest BCUT2D eigenvalue weighted by Crippen LogP contribution is -2.30. The third kappa shape index (κ3) is 4.41. The molecule has 0 unspecified atom stereocenters. The third-order valence-corrected chi connectivity index (χ3v) is 5.49. The van der Waals surface area contributed by atoms with Gasteiger partial charge in [-0.25, -0.2) is 9.97 Å². The highest BCUT2D eigenvalue weighted by atomic mass is 32.1. The highest BCUT2D eigenvalue weighted by molar-refractivity contribution is 7.18. The normalized spacial score (nSPS) is 12.1. The van der Waals surface area contributed by atoms with Gasteiger partial charge in [0, 0.05) is 31.7 Å². The van der Waals surface area contributed by atoms with Crippen LogP contribution in [-0.4, -0.2) is 20.9 Å². The molecule has 1 amide bonds. The minimum atomic E-state index is -0.111. The number of amides is 1. The number of nitrogens with zero attached hydrogens (tertiary/aromatic N) is 2. The first-order valence-corrected chi connectivity index (χ1v) is 9.76. The fourth-order valence-corrected chi connectivity index (χ4v) is 4.02. The number of benzene rings is 2. The van der Waals surface area contributed by atoms with Crippen LogP contribution in [0.3, 0.4) is 0 Å². The molecule has 2 heterocycles. The van der Waals surface area contributed by atoms with E-state index in [1.807, 2.05) is 48.5 Å². The number of H-pyrrole nitrogens is 1. The van der Waals surface area contributed by atoms with E-state index in [1.54, 1.807) is 23.7 Å². The van der Waals surface area contributed by atoms with Crippen molar-refractivity contribution in [2.45, 2.75) is 25.3 Å². The summed E-state index contributed by atoms with van der Waals surface area (Å²) in [5.41, 5.74) is 2.07. The summed E-state index contributed by atoms with van der Waals surface area (Å²) in [5.74, 6) is 0.880. The van der Waals surface area contributed by atoms with E-state index in [9.17, 15) is 4.79 Å². The standard InChI is InChI=1S/C21H20N4OS/c26-20(10-11-21-25-16-8-4-5-9-18(16)27-21)24-17(14-19-22-12-13-23-19)15-6-2-1-3-7-15/h1-9,12-13,17H,10-11,14H2,(H,22,23)(H,24,26)/t17-/m0/s1. The van der Waals surface area contributed by atoms with E-state index in [0.717, 1.165) is 26.6 Å². The zero-order valence-corrected chi connectivity index (χ0v) is 15.6. The number of nitrogens with one attached hydrogen (secondary N) is 2. The van der Waals surface area contributed by atoms with Gasteiger partial charge in [0.15, 0.2) is 0 Å². The van der Waals surface area contributed by atoms with Gasteiger partial charge in [0.25, 0.3) is 0 Å². The summed E-state index contributed by atoms with van der Waals surface area (Å²) in [4.78, 5) is 24.6. The number of hydrogen-bond donors (Lipinski definition) is 2. The van der Waals surface area contributed by atoms with Crippen molar-refractivity contribution < 1.29 is 4.79 Å². The fourth-order valence-electron chi connectivity index (χ4n) is 3.05. The molecule has 1 atom stereocenters. The quantitative estimate of drug-likeness (QED) is 0.511. The number of carbonyl (C=O) groups excluding carboxylic acids is 1. The summed E-state index contributed by atoms with van der Waals surface area (Å²) in [6.45, 7) is 0. The molecule has 4 aromatic rings. The van der Waals surface area contributed by atoms with Crippen LogP contribution in [-0.2, 0) is 17.6 Å². The predicted octanol–water partition coefficient (Wildman–Crippen LogP) is 4.05. The first-order chi connectivity index (χ1) is 13.3. The minimum absolute atomic E-state index is 0.0228. The van der Waals surface area contributed by atoms with Gasteiger partial charge in [0.1, 0.15) is 5.82 Å². The van der Waals surface area contributed by atoms with Gasteiger partial charge in [0.2, 0.25) is 5.91 Å². The molecule has 5 nitrogen and oxygen atoms in total. The Labute approximate surface area is 161 Å². The van der Waals surface area contributed by atoms with Crippen LogP contribution in [0.5, 0.6) is 0 Å². The predicted molar refractivity (Wildman–Crippen MR) is 108 cm³/mol. The zero-order chi connectivity index (χ0) is 18.5. The molecule has 0 bridgehead atoms. The van der Waals surface area contributed by atoms with E-state index in [1.165, 1.54) is 0 Å². The molecule has 6 heteroatoms. The van der Waals surface area contributed by atoms with E-state index in [0.29, 0.717) is 19.3 Å². The van der Waals surface area contributed by atoms with Gasteiger partial charge >= 0.3 is 0 Å². The maximum absolute atomic E-state index is 12.6. The number of thiazole rings is 1. The fraction of sp³-hybridized carbons (Fsp3) is 0.190. The van der Waals surface area contributed by atoms with Crippen molar-refractivity contribution in [1.29, 1.82) is 0 Å². The molecule has 2 N–H and O–H groups in total. The number of aryl methyl sites for hydroxylation is 1. The van der Waals surface area contributed by atoms with Crippen molar-refractivity contribution in [2.24, 2.45) is 0 Å². The van der Waals surface area contributed by atoms with Gasteiger partial charge in [-0.1, -0.05) is 42.5 Å². The summed E-state index contributed by atoms with van der Waals surface area (Å²) in [5, 5.41) is 4.15. The molecule has 0 fully saturated rings. The van der Waals surface area contributed by atoms with Gasteiger partial charge < -0.3 is 10.3 Å². The highest BCUT2D eigenvalue weighted by Crippen LogP contribution is 2.23. The summed E-state index contributed by atoms with van der Waals surface area (Å²) in [7, 11) is 0. The van der Waals surface area contributed by atoms with Crippen molar-refractivity contribution in [3.8, 4) is 0 Å². The summed E-state index contributed by atoms with van der Waals surface area (Å²) in [6.07, 6.45) is 5.22. The lowest BCUT2D eigenvalue weighted by Gasteiger charge is -2.18. The third-order valence-electron chi connectivity index (χ3n) is 4.39. The molecule has 0 aliphatic carbocycles. The SMILES string of the molecule is O=C(CCc1nc2ccccc2s1)N[C@@H](Cc1ncc[nH]1)c1ccccc1. The van der Waals surface area contributed by atoms with E-state index in [2.05, 4.69) is 26.3 Å². The Morgan fingerprint density at radius 2 is 1.93 bits per heavy atom. The van der Waals surface area contributed by atoms with Crippen LogP contribution in [0.4, 0.5) is 0 Å². The number of imidazole rings is 1. The highest BCUT2D eigenvalue weighted by Gasteiger charge is 2.17. The van der Waals surface area contributed by atoms with Crippen molar-refractivity contribution in [1.82, 2.24) is 20.3 Å². The van der Waals surface area contributed by atoms with E-state index in [-0.39, 0.29) is 11.9 Å². The van der Waals surface area contributed by atoms with E-state index in [4.69, 9.17) is 0 Å². The Kier molecular flexibility index (Phi) is 5.25. The first-order valence-electron chi connectivity index (χ1n) is 8.95. The molecule has 0 spiro atoms. The Morgan fingerprint density at radius 3 is 2.70 bits per heavy atom. The number of aromatic nitrogens is 3. The molecule has 2 aromatic carbocycles. The topological polar surface area (TPSA) is 70.7 Å². The van der Waals surface area contributed by atoms with Crippen LogP contribution < -0.4 is 5.32 Å². The Morgan fingerprint density at radius 1 is 1.11 bits per heavy atom. The van der Waals surface area contributed by atoms with Gasteiger partial charge in [-0.05, 0) is 17.7 Å². The van der Waals surface area contributed by atoms with Gasteiger partial charge in [0.05, 0.1) is 21.3 Å². The minimum Gasteiger partial charge on any atom is -0.349 e. The van der Waals surface area contributed by atoms with Crippen LogP contribution in [0.1, 0.15) is 28.9 Å². The average molecular weight is 376 g/mol. The number of hydrogen-bond acceptors (Lipinski definition) is 4. The van der Waals surface area contributed by atoms with Crippen LogP contribution in [0.2, 0.25) is 0 Å². The van der Waals surface area contributed by atoms with Gasteiger partial charge in [-0.3, -0.25) is 4.79 Å². The van der Waals surface area contributed by atoms with Gasteiger partial charge in [-0.2, -0.15) is 0 Å². The molecule has 0 saturated carbocycles. The number of aromatic amines is 1. The molecule has 136 valence electrons. The summed E-state index contributed by atoms with van der Waals surface area (Å²) in [6, 6.07) is 17.9. The molecule has 2 aromatic heterocycles. The molecule has 0 aliphatic heterocycles. The van der Waals surface area contributed by atoms with Crippen molar-refractivity contribution in [2.75, 3.05) is 0 Å². The maximum atomic E-state index is 12.6. The number of para-hydroxylation sites is 1. The zero-order valence-electron chi connectivity index (χ0n) is 14.8. The maximum Gasteiger partial charge on any atom is 0.220 e. The van der Waals surface area contributed by atoms with Crippen molar-refractivity contribution in [3.63, 3.8) is 0 Å². The second-order valence-corrected chi connectivity index (χ2v) is 7.46. The molecule has 0 aliphatic rings. The van der Waals surface area contributed by atoms with E-state index < -0.39 is 0 Å². The van der Waals surface area contributed by atoms with Crippen molar-refractivity contribution in [3.05, 3.63) is 83.4 Å².